The predicted octanol–water partition coefficient (Wildman–Crippen LogP) is 1.53. The molecule has 120 valence electrons. The second kappa shape index (κ2) is 7.28. The number of hydrogen-bond acceptors (Lipinski definition) is 1. The second-order valence-electron chi connectivity index (χ2n) is 7.17. The Morgan fingerprint density at radius 2 is 1.91 bits per heavy atom. The average molecular weight is 301 g/mol. The first-order chi connectivity index (χ1) is 10.7. The van der Waals surface area contributed by atoms with Crippen molar-refractivity contribution in [3.8, 4) is 0 Å². The topological polar surface area (TPSA) is 24.8 Å². The maximum atomic E-state index is 12.4. The number of nitrogens with one attached hydrogen (secondary N) is 1. The van der Waals surface area contributed by atoms with Crippen molar-refractivity contribution in [3.05, 3.63) is 35.9 Å². The predicted molar refractivity (Wildman–Crippen MR) is 88.8 cm³/mol. The maximum absolute atomic E-state index is 12.4. The minimum absolute atomic E-state index is 0.294. The van der Waals surface area contributed by atoms with Crippen molar-refractivity contribution in [3.63, 3.8) is 0 Å². The summed E-state index contributed by atoms with van der Waals surface area (Å²) in [7, 11) is 0. The molecule has 1 aliphatic heterocycles. The number of hydrogen-bond donors (Lipinski definition) is 1. The van der Waals surface area contributed by atoms with Crippen LogP contribution in [0.15, 0.2) is 30.3 Å². The summed E-state index contributed by atoms with van der Waals surface area (Å²) in [6, 6.07) is 11.0. The molecule has 2 fully saturated rings. The molecule has 1 aromatic carbocycles. The molecule has 0 unspecified atom stereocenters. The van der Waals surface area contributed by atoms with Crippen LogP contribution < -0.4 is 4.90 Å². The lowest BCUT2D eigenvalue weighted by Gasteiger charge is -2.39. The fourth-order valence-electron chi connectivity index (χ4n) is 4.14. The third-order valence-corrected chi connectivity index (χ3v) is 5.47. The van der Waals surface area contributed by atoms with Crippen molar-refractivity contribution in [2.75, 3.05) is 26.2 Å². The van der Waals surface area contributed by atoms with Crippen LogP contribution in [0.5, 0.6) is 0 Å². The molecule has 1 aliphatic carbocycles. The highest BCUT2D eigenvalue weighted by Gasteiger charge is 2.31. The van der Waals surface area contributed by atoms with E-state index in [9.17, 15) is 4.79 Å². The largest absolute Gasteiger partial charge is 0.331 e. The molecular formula is C19H29N2O+. The SMILES string of the molecule is C[C@@H]1CCC[C@@H]([NH+]2CCN(C(=O)Cc3ccccc3)CC2)C1. The van der Waals surface area contributed by atoms with Crippen LogP contribution in [-0.2, 0) is 11.2 Å². The lowest BCUT2D eigenvalue weighted by atomic mass is 9.86. The summed E-state index contributed by atoms with van der Waals surface area (Å²) in [4.78, 5) is 16.2. The van der Waals surface area contributed by atoms with Gasteiger partial charge in [0.1, 0.15) is 0 Å². The fraction of sp³-hybridized carbons (Fsp3) is 0.632. The van der Waals surface area contributed by atoms with Gasteiger partial charge in [-0.3, -0.25) is 4.79 Å². The van der Waals surface area contributed by atoms with E-state index in [-0.39, 0.29) is 0 Å². The van der Waals surface area contributed by atoms with E-state index >= 15 is 0 Å². The van der Waals surface area contributed by atoms with Crippen LogP contribution in [0.25, 0.3) is 0 Å². The van der Waals surface area contributed by atoms with Crippen LogP contribution in [-0.4, -0.2) is 43.0 Å². The van der Waals surface area contributed by atoms with Crippen molar-refractivity contribution in [2.24, 2.45) is 5.92 Å². The Labute approximate surface area is 134 Å². The Morgan fingerprint density at radius 3 is 2.59 bits per heavy atom. The highest BCUT2D eigenvalue weighted by atomic mass is 16.2. The molecule has 0 aromatic heterocycles. The fourth-order valence-corrected chi connectivity index (χ4v) is 4.14. The van der Waals surface area contributed by atoms with E-state index in [1.54, 1.807) is 4.90 Å². The Bertz CT molecular complexity index is 479. The molecule has 0 radical (unpaired) electrons. The Kier molecular flexibility index (Phi) is 5.14. The minimum Gasteiger partial charge on any atom is -0.331 e. The van der Waals surface area contributed by atoms with Gasteiger partial charge in [-0.2, -0.15) is 0 Å². The zero-order chi connectivity index (χ0) is 15.4. The monoisotopic (exact) mass is 301 g/mol. The van der Waals surface area contributed by atoms with Crippen LogP contribution in [0.4, 0.5) is 0 Å². The Hall–Kier alpha value is -1.35. The van der Waals surface area contributed by atoms with Gasteiger partial charge in [-0.25, -0.2) is 0 Å². The molecule has 2 atom stereocenters. The molecule has 3 nitrogen and oxygen atoms in total. The molecule has 1 aromatic rings. The first kappa shape index (κ1) is 15.5. The van der Waals surface area contributed by atoms with Crippen molar-refractivity contribution in [1.82, 2.24) is 4.90 Å². The number of rotatable bonds is 3. The second-order valence-corrected chi connectivity index (χ2v) is 7.17. The van der Waals surface area contributed by atoms with Gasteiger partial charge in [0, 0.05) is 6.42 Å². The zero-order valence-electron chi connectivity index (χ0n) is 13.8. The standard InChI is InChI=1S/C19H28N2O/c1-16-6-5-9-18(14-16)20-10-12-21(13-11-20)19(22)15-17-7-3-2-4-8-17/h2-4,7-8,16,18H,5-6,9-15H2,1H3/p+1/t16-,18-/m1/s1. The quantitative estimate of drug-likeness (QED) is 0.900. The normalized spacial score (nSPS) is 26.9. The molecule has 3 heteroatoms. The highest BCUT2D eigenvalue weighted by Crippen LogP contribution is 2.22. The summed E-state index contributed by atoms with van der Waals surface area (Å²) in [5, 5.41) is 0. The van der Waals surface area contributed by atoms with E-state index in [0.29, 0.717) is 12.3 Å². The summed E-state index contributed by atoms with van der Waals surface area (Å²) >= 11 is 0. The summed E-state index contributed by atoms with van der Waals surface area (Å²) in [6.45, 7) is 6.54. The van der Waals surface area contributed by atoms with Crippen molar-refractivity contribution >= 4 is 5.91 Å². The molecule has 1 saturated heterocycles. The molecule has 2 aliphatic rings. The molecule has 1 N–H and O–H groups in total. The van der Waals surface area contributed by atoms with Gasteiger partial charge in [0.2, 0.25) is 5.91 Å². The number of carbonyl (C=O) groups excluding carboxylic acids is 1. The Balaban J connectivity index is 1.48. The van der Waals surface area contributed by atoms with E-state index in [1.807, 2.05) is 30.3 Å². The summed E-state index contributed by atoms with van der Waals surface area (Å²) < 4.78 is 0. The van der Waals surface area contributed by atoms with E-state index in [1.165, 1.54) is 25.7 Å². The van der Waals surface area contributed by atoms with Gasteiger partial charge in [0.25, 0.3) is 0 Å². The van der Waals surface area contributed by atoms with Gasteiger partial charge in [-0.15, -0.1) is 0 Å². The molecule has 1 saturated carbocycles. The molecule has 22 heavy (non-hydrogen) atoms. The highest BCUT2D eigenvalue weighted by molar-refractivity contribution is 5.78. The average Bonchev–Trinajstić information content (AvgIpc) is 2.56. The third-order valence-electron chi connectivity index (χ3n) is 5.47. The van der Waals surface area contributed by atoms with Crippen molar-refractivity contribution in [2.45, 2.75) is 45.1 Å². The van der Waals surface area contributed by atoms with Gasteiger partial charge in [-0.05, 0) is 24.3 Å². The molecule has 1 heterocycles. The molecule has 1 amide bonds. The van der Waals surface area contributed by atoms with Crippen LogP contribution >= 0.6 is 0 Å². The maximum Gasteiger partial charge on any atom is 0.227 e. The summed E-state index contributed by atoms with van der Waals surface area (Å²) in [5.74, 6) is 1.19. The van der Waals surface area contributed by atoms with Crippen LogP contribution in [0, 0.1) is 5.92 Å². The third kappa shape index (κ3) is 3.89. The van der Waals surface area contributed by atoms with Crippen LogP contribution in [0.1, 0.15) is 38.2 Å². The number of nitrogens with zero attached hydrogens (tertiary/aromatic N) is 1. The van der Waals surface area contributed by atoms with Gasteiger partial charge < -0.3 is 9.80 Å². The van der Waals surface area contributed by atoms with Crippen molar-refractivity contribution in [1.29, 1.82) is 0 Å². The number of benzene rings is 1. The minimum atomic E-state index is 0.294. The van der Waals surface area contributed by atoms with Gasteiger partial charge >= 0.3 is 0 Å². The van der Waals surface area contributed by atoms with E-state index in [4.69, 9.17) is 0 Å². The molecular weight excluding hydrogens is 272 g/mol. The number of carbonyl (C=O) groups is 1. The molecule has 0 bridgehead atoms. The Morgan fingerprint density at radius 1 is 1.18 bits per heavy atom. The van der Waals surface area contributed by atoms with E-state index in [2.05, 4.69) is 11.8 Å². The number of piperazine rings is 1. The lowest BCUT2D eigenvalue weighted by Crippen LogP contribution is -3.18. The van der Waals surface area contributed by atoms with Crippen molar-refractivity contribution < 1.29 is 9.69 Å². The first-order valence-electron chi connectivity index (χ1n) is 8.88. The molecule has 0 spiro atoms. The zero-order valence-corrected chi connectivity index (χ0v) is 13.8. The smallest absolute Gasteiger partial charge is 0.227 e. The van der Waals surface area contributed by atoms with Crippen LogP contribution in [0.3, 0.4) is 0 Å². The van der Waals surface area contributed by atoms with Gasteiger partial charge in [0.05, 0.1) is 38.6 Å². The van der Waals surface area contributed by atoms with Crippen LogP contribution in [0.2, 0.25) is 0 Å². The number of amides is 1. The lowest BCUT2D eigenvalue weighted by molar-refractivity contribution is -0.930. The first-order valence-corrected chi connectivity index (χ1v) is 8.88. The van der Waals surface area contributed by atoms with E-state index < -0.39 is 0 Å². The number of quaternary nitrogens is 1. The summed E-state index contributed by atoms with van der Waals surface area (Å²) in [5.41, 5.74) is 1.13. The van der Waals surface area contributed by atoms with Gasteiger partial charge in [0.15, 0.2) is 0 Å². The summed E-state index contributed by atoms with van der Waals surface area (Å²) in [6.07, 6.45) is 6.12. The van der Waals surface area contributed by atoms with Gasteiger partial charge in [-0.1, -0.05) is 43.7 Å². The molecule has 3 rings (SSSR count). The van der Waals surface area contributed by atoms with E-state index in [0.717, 1.165) is 43.7 Å².